The molecule has 0 amide bonds. The highest BCUT2D eigenvalue weighted by Gasteiger charge is 2.31. The zero-order valence-corrected chi connectivity index (χ0v) is 10.2. The topological polar surface area (TPSA) is 29.3 Å². The van der Waals surface area contributed by atoms with Crippen molar-refractivity contribution in [1.82, 2.24) is 0 Å². The molecule has 3 heteroatoms. The average Bonchev–Trinajstić information content (AvgIpc) is 3.10. The van der Waals surface area contributed by atoms with Crippen molar-refractivity contribution in [3.8, 4) is 0 Å². The van der Waals surface area contributed by atoms with Gasteiger partial charge in [-0.25, -0.2) is 4.39 Å². The average molecular weight is 234 g/mol. The summed E-state index contributed by atoms with van der Waals surface area (Å²) in [6.07, 6.45) is 4.07. The SMILES string of the molecule is C=CCN(c1c(F)cccc1C(C)N)C1CC1. The minimum Gasteiger partial charge on any atom is -0.362 e. The van der Waals surface area contributed by atoms with E-state index < -0.39 is 0 Å². The number of anilines is 1. The van der Waals surface area contributed by atoms with E-state index in [4.69, 9.17) is 5.73 Å². The zero-order valence-electron chi connectivity index (χ0n) is 10.2. The second-order valence-electron chi connectivity index (χ2n) is 4.64. The number of para-hydroxylation sites is 1. The van der Waals surface area contributed by atoms with Crippen LogP contribution >= 0.6 is 0 Å². The summed E-state index contributed by atoms with van der Waals surface area (Å²) in [5.41, 5.74) is 7.45. The van der Waals surface area contributed by atoms with Gasteiger partial charge < -0.3 is 10.6 Å². The van der Waals surface area contributed by atoms with Gasteiger partial charge in [0.15, 0.2) is 0 Å². The van der Waals surface area contributed by atoms with Crippen molar-refractivity contribution in [3.05, 3.63) is 42.2 Å². The van der Waals surface area contributed by atoms with Gasteiger partial charge in [-0.3, -0.25) is 0 Å². The molecule has 1 unspecified atom stereocenters. The molecule has 92 valence electrons. The highest BCUT2D eigenvalue weighted by molar-refractivity contribution is 5.58. The van der Waals surface area contributed by atoms with E-state index in [1.165, 1.54) is 6.07 Å². The van der Waals surface area contributed by atoms with Crippen LogP contribution in [-0.2, 0) is 0 Å². The number of hydrogen-bond acceptors (Lipinski definition) is 2. The molecule has 1 atom stereocenters. The van der Waals surface area contributed by atoms with Gasteiger partial charge in [0.1, 0.15) is 5.82 Å². The molecular formula is C14H19FN2. The maximum atomic E-state index is 14.0. The quantitative estimate of drug-likeness (QED) is 0.793. The Morgan fingerprint density at radius 1 is 1.59 bits per heavy atom. The maximum absolute atomic E-state index is 14.0. The van der Waals surface area contributed by atoms with E-state index in [1.54, 1.807) is 6.07 Å². The molecule has 0 heterocycles. The van der Waals surface area contributed by atoms with Crippen molar-refractivity contribution in [2.75, 3.05) is 11.4 Å². The lowest BCUT2D eigenvalue weighted by Gasteiger charge is -2.27. The molecular weight excluding hydrogens is 215 g/mol. The van der Waals surface area contributed by atoms with Crippen LogP contribution < -0.4 is 10.6 Å². The van der Waals surface area contributed by atoms with Crippen LogP contribution in [-0.4, -0.2) is 12.6 Å². The fourth-order valence-corrected chi connectivity index (χ4v) is 2.15. The predicted octanol–water partition coefficient (Wildman–Crippen LogP) is 3.00. The first kappa shape index (κ1) is 12.1. The summed E-state index contributed by atoms with van der Waals surface area (Å²) in [5, 5.41) is 0. The lowest BCUT2D eigenvalue weighted by molar-refractivity contribution is 0.612. The third-order valence-corrected chi connectivity index (χ3v) is 3.11. The van der Waals surface area contributed by atoms with Crippen LogP contribution in [0.15, 0.2) is 30.9 Å². The van der Waals surface area contributed by atoms with Crippen molar-refractivity contribution in [3.63, 3.8) is 0 Å². The third-order valence-electron chi connectivity index (χ3n) is 3.11. The fourth-order valence-electron chi connectivity index (χ4n) is 2.15. The van der Waals surface area contributed by atoms with Gasteiger partial charge in [0.25, 0.3) is 0 Å². The number of halogens is 1. The van der Waals surface area contributed by atoms with E-state index in [2.05, 4.69) is 11.5 Å². The molecule has 1 aliphatic carbocycles. The molecule has 0 aliphatic heterocycles. The van der Waals surface area contributed by atoms with Gasteiger partial charge in [-0.1, -0.05) is 18.2 Å². The van der Waals surface area contributed by atoms with Gasteiger partial charge >= 0.3 is 0 Å². The third kappa shape index (κ3) is 2.50. The van der Waals surface area contributed by atoms with Crippen LogP contribution in [0.1, 0.15) is 31.4 Å². The number of rotatable bonds is 5. The van der Waals surface area contributed by atoms with Gasteiger partial charge in [-0.15, -0.1) is 6.58 Å². The molecule has 1 saturated carbocycles. The van der Waals surface area contributed by atoms with Crippen molar-refractivity contribution >= 4 is 5.69 Å². The Hall–Kier alpha value is -1.35. The lowest BCUT2D eigenvalue weighted by atomic mass is 10.0. The Morgan fingerprint density at radius 3 is 2.82 bits per heavy atom. The van der Waals surface area contributed by atoms with Gasteiger partial charge in [0, 0.05) is 18.6 Å². The van der Waals surface area contributed by atoms with Crippen LogP contribution in [0.5, 0.6) is 0 Å². The molecule has 0 spiro atoms. The van der Waals surface area contributed by atoms with Gasteiger partial charge in [0.05, 0.1) is 5.69 Å². The van der Waals surface area contributed by atoms with E-state index in [1.807, 2.05) is 19.1 Å². The summed E-state index contributed by atoms with van der Waals surface area (Å²) >= 11 is 0. The highest BCUT2D eigenvalue weighted by Crippen LogP contribution is 2.36. The molecule has 0 bridgehead atoms. The van der Waals surface area contributed by atoms with Crippen molar-refractivity contribution in [2.24, 2.45) is 5.73 Å². The highest BCUT2D eigenvalue weighted by atomic mass is 19.1. The number of nitrogens with two attached hydrogens (primary N) is 1. The molecule has 0 saturated heterocycles. The van der Waals surface area contributed by atoms with Gasteiger partial charge in [-0.2, -0.15) is 0 Å². The number of hydrogen-bond donors (Lipinski definition) is 1. The number of benzene rings is 1. The summed E-state index contributed by atoms with van der Waals surface area (Å²) in [6.45, 7) is 6.30. The van der Waals surface area contributed by atoms with Crippen LogP contribution in [0.4, 0.5) is 10.1 Å². The Balaban J connectivity index is 2.42. The van der Waals surface area contributed by atoms with Crippen LogP contribution in [0, 0.1) is 5.82 Å². The summed E-state index contributed by atoms with van der Waals surface area (Å²) < 4.78 is 14.0. The van der Waals surface area contributed by atoms with Crippen molar-refractivity contribution < 1.29 is 4.39 Å². The molecule has 1 fully saturated rings. The fraction of sp³-hybridized carbons (Fsp3) is 0.429. The van der Waals surface area contributed by atoms with E-state index in [-0.39, 0.29) is 11.9 Å². The van der Waals surface area contributed by atoms with Gasteiger partial charge in [-0.05, 0) is 31.4 Å². The molecule has 1 aromatic carbocycles. The molecule has 1 aliphatic rings. The van der Waals surface area contributed by atoms with Crippen molar-refractivity contribution in [2.45, 2.75) is 31.8 Å². The first-order chi connectivity index (χ1) is 8.15. The first-order valence-electron chi connectivity index (χ1n) is 6.06. The standard InChI is InChI=1S/C14H19FN2/c1-3-9-17(11-7-8-11)14-12(10(2)16)5-4-6-13(14)15/h3-6,10-11H,1,7-9,16H2,2H3. The second-order valence-corrected chi connectivity index (χ2v) is 4.64. The monoisotopic (exact) mass is 234 g/mol. The minimum absolute atomic E-state index is 0.160. The Kier molecular flexibility index (Phi) is 3.48. The molecule has 2 rings (SSSR count). The maximum Gasteiger partial charge on any atom is 0.146 e. The number of nitrogens with zero attached hydrogens (tertiary/aromatic N) is 1. The predicted molar refractivity (Wildman–Crippen MR) is 69.6 cm³/mol. The van der Waals surface area contributed by atoms with Crippen LogP contribution in [0.2, 0.25) is 0 Å². The normalized spacial score (nSPS) is 16.6. The lowest BCUT2D eigenvalue weighted by Crippen LogP contribution is -2.28. The molecule has 0 radical (unpaired) electrons. The Morgan fingerprint density at radius 2 is 2.29 bits per heavy atom. The largest absolute Gasteiger partial charge is 0.362 e. The summed E-state index contributed by atoms with van der Waals surface area (Å²) in [6, 6.07) is 5.41. The van der Waals surface area contributed by atoms with Crippen LogP contribution in [0.3, 0.4) is 0 Å². The van der Waals surface area contributed by atoms with E-state index in [9.17, 15) is 4.39 Å². The van der Waals surface area contributed by atoms with Crippen LogP contribution in [0.25, 0.3) is 0 Å². The second kappa shape index (κ2) is 4.88. The summed E-state index contributed by atoms with van der Waals surface area (Å²) in [4.78, 5) is 2.08. The summed E-state index contributed by atoms with van der Waals surface area (Å²) in [5.74, 6) is -0.187. The van der Waals surface area contributed by atoms with E-state index in [0.29, 0.717) is 18.3 Å². The first-order valence-corrected chi connectivity index (χ1v) is 6.06. The smallest absolute Gasteiger partial charge is 0.146 e. The molecule has 0 aromatic heterocycles. The molecule has 1 aromatic rings. The van der Waals surface area contributed by atoms with E-state index in [0.717, 1.165) is 18.4 Å². The zero-order chi connectivity index (χ0) is 12.4. The summed E-state index contributed by atoms with van der Waals surface area (Å²) in [7, 11) is 0. The Bertz CT molecular complexity index is 411. The van der Waals surface area contributed by atoms with Crippen molar-refractivity contribution in [1.29, 1.82) is 0 Å². The molecule has 2 N–H and O–H groups in total. The molecule has 2 nitrogen and oxygen atoms in total. The Labute approximate surface area is 102 Å². The van der Waals surface area contributed by atoms with Gasteiger partial charge in [0.2, 0.25) is 0 Å². The van der Waals surface area contributed by atoms with E-state index >= 15 is 0 Å². The minimum atomic E-state index is -0.187. The molecule has 17 heavy (non-hydrogen) atoms.